The van der Waals surface area contributed by atoms with Gasteiger partial charge in [0, 0.05) is 18.0 Å². The molecule has 1 rings (SSSR count). The number of anilines is 1. The Kier molecular flexibility index (Phi) is 7.73. The Morgan fingerprint density at radius 2 is 1.90 bits per heavy atom. The number of esters is 1. The number of unbranched alkanes of at least 4 members (excludes halogenated alkanes) is 1. The third kappa shape index (κ3) is 6.06. The van der Waals surface area contributed by atoms with Crippen molar-refractivity contribution in [2.24, 2.45) is 0 Å². The number of carbonyl (C=O) groups excluding carboxylic acids is 2. The number of rotatable bonds is 8. The molecule has 0 aliphatic heterocycles. The molecule has 0 atom stereocenters. The smallest absolute Gasteiger partial charge is 0.338 e. The van der Waals surface area contributed by atoms with Gasteiger partial charge in [0.2, 0.25) is 5.91 Å². The van der Waals surface area contributed by atoms with E-state index in [-0.39, 0.29) is 11.9 Å². The lowest BCUT2D eigenvalue weighted by atomic mass is 10.2. The van der Waals surface area contributed by atoms with E-state index in [2.05, 4.69) is 5.32 Å². The molecule has 1 aromatic rings. The summed E-state index contributed by atoms with van der Waals surface area (Å²) in [5.74, 6) is 0.185. The predicted molar refractivity (Wildman–Crippen MR) is 80.2 cm³/mol. The van der Waals surface area contributed by atoms with Crippen molar-refractivity contribution in [1.82, 2.24) is 0 Å². The number of benzene rings is 1. The zero-order valence-electron chi connectivity index (χ0n) is 11.7. The van der Waals surface area contributed by atoms with E-state index in [0.29, 0.717) is 30.2 Å². The normalized spacial score (nSPS) is 10.1. The number of amides is 1. The standard InChI is InChI=1S/C15H20ClNO3/c1-2-11-20-15(19)12-6-8-13(9-7-12)17-14(18)5-3-4-10-16/h6-9H,2-5,10-11H2,1H3,(H,17,18). The molecule has 0 heterocycles. The maximum absolute atomic E-state index is 11.6. The lowest BCUT2D eigenvalue weighted by Gasteiger charge is -2.06. The van der Waals surface area contributed by atoms with Gasteiger partial charge in [-0.15, -0.1) is 11.6 Å². The largest absolute Gasteiger partial charge is 0.462 e. The Balaban J connectivity index is 2.45. The summed E-state index contributed by atoms with van der Waals surface area (Å²) >= 11 is 5.55. The molecular formula is C15H20ClNO3. The van der Waals surface area contributed by atoms with E-state index in [1.165, 1.54) is 0 Å². The lowest BCUT2D eigenvalue weighted by Crippen LogP contribution is -2.11. The minimum Gasteiger partial charge on any atom is -0.462 e. The van der Waals surface area contributed by atoms with Gasteiger partial charge in [0.05, 0.1) is 12.2 Å². The second kappa shape index (κ2) is 9.37. The molecule has 4 nitrogen and oxygen atoms in total. The van der Waals surface area contributed by atoms with Crippen molar-refractivity contribution >= 4 is 29.2 Å². The summed E-state index contributed by atoms with van der Waals surface area (Å²) in [6.45, 7) is 2.36. The van der Waals surface area contributed by atoms with Gasteiger partial charge in [0.25, 0.3) is 0 Å². The fraction of sp³-hybridized carbons (Fsp3) is 0.467. The van der Waals surface area contributed by atoms with Crippen LogP contribution >= 0.6 is 11.6 Å². The van der Waals surface area contributed by atoms with Crippen LogP contribution in [0, 0.1) is 0 Å². The molecule has 1 amide bonds. The first-order chi connectivity index (χ1) is 9.67. The molecule has 20 heavy (non-hydrogen) atoms. The van der Waals surface area contributed by atoms with Crippen LogP contribution in [0.4, 0.5) is 5.69 Å². The summed E-state index contributed by atoms with van der Waals surface area (Å²) in [4.78, 5) is 23.2. The molecule has 110 valence electrons. The van der Waals surface area contributed by atoms with Crippen LogP contribution in [0.5, 0.6) is 0 Å². The minimum atomic E-state index is -0.341. The fourth-order valence-corrected chi connectivity index (χ4v) is 1.76. The first-order valence-electron chi connectivity index (χ1n) is 6.80. The van der Waals surface area contributed by atoms with Crippen LogP contribution < -0.4 is 5.32 Å². The number of hydrogen-bond acceptors (Lipinski definition) is 3. The van der Waals surface area contributed by atoms with Gasteiger partial charge in [-0.05, 0) is 43.5 Å². The van der Waals surface area contributed by atoms with E-state index in [9.17, 15) is 9.59 Å². The summed E-state index contributed by atoms with van der Waals surface area (Å²) in [6.07, 6.45) is 2.85. The average molecular weight is 298 g/mol. The van der Waals surface area contributed by atoms with Crippen molar-refractivity contribution in [3.8, 4) is 0 Å². The maximum Gasteiger partial charge on any atom is 0.338 e. The average Bonchev–Trinajstić information content (AvgIpc) is 2.46. The number of carbonyl (C=O) groups is 2. The van der Waals surface area contributed by atoms with E-state index in [0.717, 1.165) is 19.3 Å². The minimum absolute atomic E-state index is 0.0450. The first-order valence-corrected chi connectivity index (χ1v) is 7.33. The van der Waals surface area contributed by atoms with Crippen LogP contribution in [-0.4, -0.2) is 24.4 Å². The number of alkyl halides is 1. The number of hydrogen-bond donors (Lipinski definition) is 1. The Morgan fingerprint density at radius 1 is 1.20 bits per heavy atom. The highest BCUT2D eigenvalue weighted by molar-refractivity contribution is 6.17. The summed E-state index contributed by atoms with van der Waals surface area (Å²) in [6, 6.07) is 6.68. The van der Waals surface area contributed by atoms with Crippen molar-refractivity contribution in [3.05, 3.63) is 29.8 Å². The first kappa shape index (κ1) is 16.5. The highest BCUT2D eigenvalue weighted by Crippen LogP contribution is 2.11. The highest BCUT2D eigenvalue weighted by atomic mass is 35.5. The molecule has 0 radical (unpaired) electrons. The molecule has 5 heteroatoms. The van der Waals surface area contributed by atoms with Crippen LogP contribution in [0.3, 0.4) is 0 Å². The second-order valence-electron chi connectivity index (χ2n) is 4.41. The Hall–Kier alpha value is -1.55. The predicted octanol–water partition coefficient (Wildman–Crippen LogP) is 3.60. The molecule has 0 aliphatic rings. The van der Waals surface area contributed by atoms with Gasteiger partial charge in [-0.3, -0.25) is 4.79 Å². The van der Waals surface area contributed by atoms with Crippen LogP contribution in [0.2, 0.25) is 0 Å². The van der Waals surface area contributed by atoms with Crippen molar-refractivity contribution in [3.63, 3.8) is 0 Å². The Labute approximate surface area is 124 Å². The molecule has 0 spiro atoms. The van der Waals surface area contributed by atoms with Crippen LogP contribution in [0.15, 0.2) is 24.3 Å². The van der Waals surface area contributed by atoms with Gasteiger partial charge in [-0.1, -0.05) is 6.92 Å². The quantitative estimate of drug-likeness (QED) is 0.453. The molecule has 0 bridgehead atoms. The monoisotopic (exact) mass is 297 g/mol. The number of nitrogens with one attached hydrogen (secondary N) is 1. The van der Waals surface area contributed by atoms with E-state index < -0.39 is 0 Å². The van der Waals surface area contributed by atoms with E-state index >= 15 is 0 Å². The zero-order valence-corrected chi connectivity index (χ0v) is 12.4. The van der Waals surface area contributed by atoms with Gasteiger partial charge in [-0.2, -0.15) is 0 Å². The maximum atomic E-state index is 11.6. The van der Waals surface area contributed by atoms with Crippen molar-refractivity contribution < 1.29 is 14.3 Å². The molecule has 0 saturated carbocycles. The summed E-state index contributed by atoms with van der Waals surface area (Å²) in [7, 11) is 0. The third-order valence-corrected chi connectivity index (χ3v) is 2.90. The Bertz CT molecular complexity index is 431. The van der Waals surface area contributed by atoms with Crippen molar-refractivity contribution in [1.29, 1.82) is 0 Å². The molecule has 1 aromatic carbocycles. The van der Waals surface area contributed by atoms with E-state index in [1.807, 2.05) is 6.92 Å². The number of ether oxygens (including phenoxy) is 1. The van der Waals surface area contributed by atoms with Gasteiger partial charge in [0.1, 0.15) is 0 Å². The van der Waals surface area contributed by atoms with Gasteiger partial charge < -0.3 is 10.1 Å². The van der Waals surface area contributed by atoms with Crippen LogP contribution in [-0.2, 0) is 9.53 Å². The fourth-order valence-electron chi connectivity index (χ4n) is 1.57. The molecule has 0 saturated heterocycles. The molecular weight excluding hydrogens is 278 g/mol. The highest BCUT2D eigenvalue weighted by Gasteiger charge is 2.07. The van der Waals surface area contributed by atoms with Crippen molar-refractivity contribution in [2.75, 3.05) is 17.8 Å². The van der Waals surface area contributed by atoms with Crippen molar-refractivity contribution in [2.45, 2.75) is 32.6 Å². The Morgan fingerprint density at radius 3 is 2.50 bits per heavy atom. The second-order valence-corrected chi connectivity index (χ2v) is 4.79. The lowest BCUT2D eigenvalue weighted by molar-refractivity contribution is -0.116. The molecule has 1 N–H and O–H groups in total. The molecule has 0 aromatic heterocycles. The molecule has 0 unspecified atom stereocenters. The third-order valence-electron chi connectivity index (χ3n) is 2.63. The summed E-state index contributed by atoms with van der Waals surface area (Å²) < 4.78 is 5.02. The van der Waals surface area contributed by atoms with Crippen LogP contribution in [0.25, 0.3) is 0 Å². The summed E-state index contributed by atoms with van der Waals surface area (Å²) in [5.41, 5.74) is 1.16. The van der Waals surface area contributed by atoms with Gasteiger partial charge in [-0.25, -0.2) is 4.79 Å². The molecule has 0 aliphatic carbocycles. The summed E-state index contributed by atoms with van der Waals surface area (Å²) in [5, 5.41) is 2.78. The van der Waals surface area contributed by atoms with Crippen LogP contribution in [0.1, 0.15) is 43.0 Å². The van der Waals surface area contributed by atoms with E-state index in [1.54, 1.807) is 24.3 Å². The zero-order chi connectivity index (χ0) is 14.8. The van der Waals surface area contributed by atoms with E-state index in [4.69, 9.17) is 16.3 Å². The van der Waals surface area contributed by atoms with Gasteiger partial charge in [0.15, 0.2) is 0 Å². The molecule has 0 fully saturated rings. The SMILES string of the molecule is CCCOC(=O)c1ccc(NC(=O)CCCCCl)cc1. The number of halogens is 1. The van der Waals surface area contributed by atoms with Gasteiger partial charge >= 0.3 is 5.97 Å². The topological polar surface area (TPSA) is 55.4 Å².